The van der Waals surface area contributed by atoms with Crippen LogP contribution in [0.4, 0.5) is 11.6 Å². The minimum atomic E-state index is 0.724. The van der Waals surface area contributed by atoms with Gasteiger partial charge >= 0.3 is 0 Å². The first kappa shape index (κ1) is 15.0. The topological polar surface area (TPSA) is 53.1 Å². The van der Waals surface area contributed by atoms with Gasteiger partial charge in [0.15, 0.2) is 0 Å². The third-order valence-electron chi connectivity index (χ3n) is 3.90. The van der Waals surface area contributed by atoms with Crippen LogP contribution < -0.4 is 10.6 Å². The summed E-state index contributed by atoms with van der Waals surface area (Å²) in [5.41, 5.74) is 1.12. The zero-order chi connectivity index (χ0) is 14.5. The standard InChI is InChI=1S/C15H27N5/c1-5-13-18-14(16-6-2)11(3)15(19-13)17-9-12-7-8-20(4)10-12/h12H,5-10H2,1-4H3,(H2,16,17,18,19). The van der Waals surface area contributed by atoms with E-state index in [9.17, 15) is 0 Å². The van der Waals surface area contributed by atoms with Gasteiger partial charge in [0.05, 0.1) is 0 Å². The fourth-order valence-electron chi connectivity index (χ4n) is 2.67. The highest BCUT2D eigenvalue weighted by Gasteiger charge is 2.19. The second-order valence-electron chi connectivity index (χ2n) is 5.64. The molecular weight excluding hydrogens is 250 g/mol. The average molecular weight is 277 g/mol. The molecule has 1 aromatic rings. The molecule has 5 nitrogen and oxygen atoms in total. The van der Waals surface area contributed by atoms with Crippen LogP contribution in [0.3, 0.4) is 0 Å². The summed E-state index contributed by atoms with van der Waals surface area (Å²) >= 11 is 0. The van der Waals surface area contributed by atoms with Crippen LogP contribution in [0.5, 0.6) is 0 Å². The van der Waals surface area contributed by atoms with Gasteiger partial charge in [0.25, 0.3) is 0 Å². The molecule has 1 aliphatic rings. The summed E-state index contributed by atoms with van der Waals surface area (Å²) in [6, 6.07) is 0. The lowest BCUT2D eigenvalue weighted by Crippen LogP contribution is -2.20. The molecule has 2 heterocycles. The highest BCUT2D eigenvalue weighted by molar-refractivity contribution is 5.57. The maximum Gasteiger partial charge on any atom is 0.134 e. The van der Waals surface area contributed by atoms with Gasteiger partial charge in [0.1, 0.15) is 17.5 Å². The summed E-state index contributed by atoms with van der Waals surface area (Å²) in [6.07, 6.45) is 2.13. The van der Waals surface area contributed by atoms with Crippen molar-refractivity contribution >= 4 is 11.6 Å². The average Bonchev–Trinajstić information content (AvgIpc) is 2.85. The summed E-state index contributed by atoms with van der Waals surface area (Å²) < 4.78 is 0. The Morgan fingerprint density at radius 1 is 1.20 bits per heavy atom. The molecule has 0 aliphatic carbocycles. The highest BCUT2D eigenvalue weighted by Crippen LogP contribution is 2.22. The van der Waals surface area contributed by atoms with Gasteiger partial charge in [-0.05, 0) is 39.8 Å². The smallest absolute Gasteiger partial charge is 0.134 e. The van der Waals surface area contributed by atoms with E-state index in [0.29, 0.717) is 0 Å². The maximum atomic E-state index is 4.64. The summed E-state index contributed by atoms with van der Waals surface area (Å²) in [4.78, 5) is 11.6. The number of likely N-dealkylation sites (tertiary alicyclic amines) is 1. The molecule has 2 rings (SSSR count). The van der Waals surface area contributed by atoms with Crippen LogP contribution in [0, 0.1) is 12.8 Å². The molecule has 112 valence electrons. The van der Waals surface area contributed by atoms with Crippen molar-refractivity contribution < 1.29 is 0 Å². The van der Waals surface area contributed by atoms with Gasteiger partial charge in [-0.1, -0.05) is 6.92 Å². The van der Waals surface area contributed by atoms with E-state index >= 15 is 0 Å². The van der Waals surface area contributed by atoms with E-state index < -0.39 is 0 Å². The molecule has 1 aliphatic heterocycles. The number of nitrogens with zero attached hydrogens (tertiary/aromatic N) is 3. The molecule has 0 amide bonds. The zero-order valence-electron chi connectivity index (χ0n) is 13.2. The monoisotopic (exact) mass is 277 g/mol. The molecule has 1 atom stereocenters. The van der Waals surface area contributed by atoms with Gasteiger partial charge < -0.3 is 15.5 Å². The van der Waals surface area contributed by atoms with E-state index in [-0.39, 0.29) is 0 Å². The van der Waals surface area contributed by atoms with Crippen molar-refractivity contribution in [1.29, 1.82) is 0 Å². The van der Waals surface area contributed by atoms with Gasteiger partial charge in [-0.3, -0.25) is 0 Å². The molecule has 1 saturated heterocycles. The lowest BCUT2D eigenvalue weighted by atomic mass is 10.1. The Kier molecular flexibility index (Phi) is 5.17. The zero-order valence-corrected chi connectivity index (χ0v) is 13.2. The van der Waals surface area contributed by atoms with Crippen LogP contribution in [0.1, 0.15) is 31.7 Å². The fourth-order valence-corrected chi connectivity index (χ4v) is 2.67. The summed E-state index contributed by atoms with van der Waals surface area (Å²) in [7, 11) is 2.19. The van der Waals surface area contributed by atoms with E-state index in [0.717, 1.165) is 48.5 Å². The lowest BCUT2D eigenvalue weighted by molar-refractivity contribution is 0.399. The van der Waals surface area contributed by atoms with Gasteiger partial charge in [-0.15, -0.1) is 0 Å². The van der Waals surface area contributed by atoms with Crippen LogP contribution in [0.2, 0.25) is 0 Å². The number of hydrogen-bond donors (Lipinski definition) is 2. The van der Waals surface area contributed by atoms with Crippen LogP contribution in [-0.2, 0) is 6.42 Å². The molecule has 0 bridgehead atoms. The Balaban J connectivity index is 2.07. The first-order valence-electron chi connectivity index (χ1n) is 7.67. The third kappa shape index (κ3) is 3.60. The van der Waals surface area contributed by atoms with Gasteiger partial charge in [0, 0.05) is 31.6 Å². The summed E-state index contributed by atoms with van der Waals surface area (Å²) in [5, 5.41) is 6.86. The highest BCUT2D eigenvalue weighted by atomic mass is 15.1. The molecule has 2 N–H and O–H groups in total. The molecule has 0 radical (unpaired) electrons. The fraction of sp³-hybridized carbons (Fsp3) is 0.733. The van der Waals surface area contributed by atoms with Crippen molar-refractivity contribution in [1.82, 2.24) is 14.9 Å². The summed E-state index contributed by atoms with van der Waals surface area (Å²) in [5.74, 6) is 3.58. The molecule has 1 fully saturated rings. The molecule has 20 heavy (non-hydrogen) atoms. The molecule has 0 aromatic carbocycles. The van der Waals surface area contributed by atoms with E-state index in [1.165, 1.54) is 19.5 Å². The largest absolute Gasteiger partial charge is 0.370 e. The Bertz CT molecular complexity index is 446. The number of rotatable bonds is 6. The third-order valence-corrected chi connectivity index (χ3v) is 3.90. The number of anilines is 2. The molecule has 0 saturated carbocycles. The van der Waals surface area contributed by atoms with Gasteiger partial charge in [-0.2, -0.15) is 0 Å². The number of aryl methyl sites for hydroxylation is 1. The van der Waals surface area contributed by atoms with Crippen molar-refractivity contribution in [2.75, 3.05) is 43.9 Å². The first-order chi connectivity index (χ1) is 9.63. The minimum Gasteiger partial charge on any atom is -0.370 e. The van der Waals surface area contributed by atoms with Crippen molar-refractivity contribution in [2.45, 2.75) is 33.6 Å². The van der Waals surface area contributed by atoms with Crippen LogP contribution in [0.25, 0.3) is 0 Å². The predicted molar refractivity (Wildman–Crippen MR) is 84.4 cm³/mol. The Hall–Kier alpha value is -1.36. The molecule has 0 spiro atoms. The maximum absolute atomic E-state index is 4.64. The van der Waals surface area contributed by atoms with E-state index in [4.69, 9.17) is 0 Å². The molecular formula is C15H27N5. The normalized spacial score (nSPS) is 19.3. The lowest BCUT2D eigenvalue weighted by Gasteiger charge is -2.16. The van der Waals surface area contributed by atoms with Crippen molar-refractivity contribution in [2.24, 2.45) is 5.92 Å². The first-order valence-corrected chi connectivity index (χ1v) is 7.67. The number of hydrogen-bond acceptors (Lipinski definition) is 5. The molecule has 5 heteroatoms. The van der Waals surface area contributed by atoms with Crippen LogP contribution in [-0.4, -0.2) is 48.1 Å². The molecule has 1 aromatic heterocycles. The second-order valence-corrected chi connectivity index (χ2v) is 5.64. The minimum absolute atomic E-state index is 0.724. The van der Waals surface area contributed by atoms with E-state index in [1.54, 1.807) is 0 Å². The Morgan fingerprint density at radius 3 is 2.45 bits per heavy atom. The summed E-state index contributed by atoms with van der Waals surface area (Å²) in [6.45, 7) is 10.5. The second kappa shape index (κ2) is 6.88. The van der Waals surface area contributed by atoms with E-state index in [1.807, 2.05) is 0 Å². The predicted octanol–water partition coefficient (Wildman–Crippen LogP) is 2.14. The Morgan fingerprint density at radius 2 is 1.90 bits per heavy atom. The van der Waals surface area contributed by atoms with Gasteiger partial charge in [0.2, 0.25) is 0 Å². The number of nitrogens with one attached hydrogen (secondary N) is 2. The number of aromatic nitrogens is 2. The molecule has 1 unspecified atom stereocenters. The van der Waals surface area contributed by atoms with Crippen LogP contribution in [0.15, 0.2) is 0 Å². The Labute approximate surface area is 122 Å². The quantitative estimate of drug-likeness (QED) is 0.834. The van der Waals surface area contributed by atoms with Crippen molar-refractivity contribution in [3.63, 3.8) is 0 Å². The van der Waals surface area contributed by atoms with Crippen molar-refractivity contribution in [3.8, 4) is 0 Å². The van der Waals surface area contributed by atoms with Gasteiger partial charge in [-0.25, -0.2) is 9.97 Å². The van der Waals surface area contributed by atoms with Crippen molar-refractivity contribution in [3.05, 3.63) is 11.4 Å². The SMILES string of the molecule is CCNc1nc(CC)nc(NCC2CCN(C)C2)c1C. The van der Waals surface area contributed by atoms with E-state index in [2.05, 4.69) is 53.3 Å². The van der Waals surface area contributed by atoms with Crippen LogP contribution >= 0.6 is 0 Å².